The predicted molar refractivity (Wildman–Crippen MR) is 102 cm³/mol. The molecular weight excluding hydrogens is 369 g/mol. The molecule has 1 aliphatic heterocycles. The Morgan fingerprint density at radius 3 is 2.79 bits per heavy atom. The fourth-order valence-electron chi connectivity index (χ4n) is 2.37. The summed E-state index contributed by atoms with van der Waals surface area (Å²) in [6.45, 7) is 6.21. The van der Waals surface area contributed by atoms with Crippen molar-refractivity contribution in [2.75, 3.05) is 19.6 Å². The van der Waals surface area contributed by atoms with E-state index in [4.69, 9.17) is 4.42 Å². The van der Waals surface area contributed by atoms with Crippen LogP contribution in [-0.4, -0.2) is 30.5 Å². The zero-order valence-electron chi connectivity index (χ0n) is 13.5. The molecule has 24 heavy (non-hydrogen) atoms. The summed E-state index contributed by atoms with van der Waals surface area (Å²) in [5.74, 6) is 1.49. The van der Waals surface area contributed by atoms with Gasteiger partial charge in [0.25, 0.3) is 5.91 Å². The standard InChI is InChI=1S/C16H19N3O2S.2ClH/c1-10-3-4-13(21-10)16-19-11(2)14(22-16)15(20)18-9-12-5-7-17-8-6-12;;/h3-5,17H,6-9H2,1-2H3,(H,18,20);2*1H. The molecule has 0 saturated carbocycles. The molecule has 1 amide bonds. The van der Waals surface area contributed by atoms with E-state index in [0.29, 0.717) is 17.2 Å². The summed E-state index contributed by atoms with van der Waals surface area (Å²) in [5.41, 5.74) is 2.02. The van der Waals surface area contributed by atoms with Gasteiger partial charge in [0.2, 0.25) is 0 Å². The minimum atomic E-state index is -0.0658. The average Bonchev–Trinajstić information content (AvgIpc) is 3.12. The van der Waals surface area contributed by atoms with E-state index in [0.717, 1.165) is 36.0 Å². The fourth-order valence-corrected chi connectivity index (χ4v) is 3.31. The molecule has 0 spiro atoms. The van der Waals surface area contributed by atoms with E-state index in [2.05, 4.69) is 21.7 Å². The van der Waals surface area contributed by atoms with Gasteiger partial charge in [-0.25, -0.2) is 4.98 Å². The number of rotatable bonds is 4. The van der Waals surface area contributed by atoms with Crippen LogP contribution in [0.3, 0.4) is 0 Å². The molecule has 5 nitrogen and oxygen atoms in total. The largest absolute Gasteiger partial charge is 0.459 e. The van der Waals surface area contributed by atoms with Crippen LogP contribution in [0.25, 0.3) is 10.8 Å². The molecule has 2 aromatic rings. The zero-order valence-corrected chi connectivity index (χ0v) is 16.0. The Labute approximate surface area is 157 Å². The molecule has 0 aromatic carbocycles. The number of carbonyl (C=O) groups excluding carboxylic acids is 1. The second kappa shape index (κ2) is 9.22. The van der Waals surface area contributed by atoms with Gasteiger partial charge in [0.1, 0.15) is 10.6 Å². The third-order valence-electron chi connectivity index (χ3n) is 3.59. The van der Waals surface area contributed by atoms with Gasteiger partial charge in [0, 0.05) is 13.1 Å². The number of aryl methyl sites for hydroxylation is 2. The van der Waals surface area contributed by atoms with Crippen LogP contribution in [0.4, 0.5) is 0 Å². The maximum Gasteiger partial charge on any atom is 0.263 e. The molecule has 2 N–H and O–H groups in total. The highest BCUT2D eigenvalue weighted by Gasteiger charge is 2.18. The van der Waals surface area contributed by atoms with Gasteiger partial charge in [-0.3, -0.25) is 4.79 Å². The lowest BCUT2D eigenvalue weighted by atomic mass is 10.1. The Morgan fingerprint density at radius 2 is 2.17 bits per heavy atom. The molecule has 0 bridgehead atoms. The number of hydrogen-bond acceptors (Lipinski definition) is 5. The maximum atomic E-state index is 12.3. The highest BCUT2D eigenvalue weighted by Crippen LogP contribution is 2.29. The number of amides is 1. The van der Waals surface area contributed by atoms with E-state index in [9.17, 15) is 4.79 Å². The van der Waals surface area contributed by atoms with Crippen LogP contribution in [0.15, 0.2) is 28.2 Å². The Bertz CT molecular complexity index is 725. The molecule has 2 aromatic heterocycles. The van der Waals surface area contributed by atoms with Gasteiger partial charge in [-0.2, -0.15) is 0 Å². The quantitative estimate of drug-likeness (QED) is 0.784. The van der Waals surface area contributed by atoms with Gasteiger partial charge >= 0.3 is 0 Å². The number of furan rings is 1. The second-order valence-electron chi connectivity index (χ2n) is 5.34. The molecule has 3 rings (SSSR count). The molecule has 1 aliphatic rings. The van der Waals surface area contributed by atoms with Crippen molar-refractivity contribution < 1.29 is 9.21 Å². The maximum absolute atomic E-state index is 12.3. The SMILES string of the molecule is Cc1ccc(-c2nc(C)c(C(=O)NCC3=CCNCC3)s2)o1.Cl.Cl. The van der Waals surface area contributed by atoms with E-state index in [1.807, 2.05) is 26.0 Å². The molecule has 0 unspecified atom stereocenters. The lowest BCUT2D eigenvalue weighted by Gasteiger charge is -2.14. The summed E-state index contributed by atoms with van der Waals surface area (Å²) in [6.07, 6.45) is 3.12. The highest BCUT2D eigenvalue weighted by atomic mass is 35.5. The first-order valence-electron chi connectivity index (χ1n) is 7.34. The van der Waals surface area contributed by atoms with E-state index in [-0.39, 0.29) is 30.7 Å². The summed E-state index contributed by atoms with van der Waals surface area (Å²) in [6, 6.07) is 3.78. The van der Waals surface area contributed by atoms with Crippen molar-refractivity contribution in [1.82, 2.24) is 15.6 Å². The van der Waals surface area contributed by atoms with Crippen molar-refractivity contribution in [1.29, 1.82) is 0 Å². The van der Waals surface area contributed by atoms with E-state index >= 15 is 0 Å². The van der Waals surface area contributed by atoms with Crippen LogP contribution in [-0.2, 0) is 0 Å². The van der Waals surface area contributed by atoms with Crippen molar-refractivity contribution >= 4 is 42.1 Å². The van der Waals surface area contributed by atoms with Gasteiger partial charge < -0.3 is 15.1 Å². The van der Waals surface area contributed by atoms with Crippen LogP contribution in [0, 0.1) is 13.8 Å². The van der Waals surface area contributed by atoms with Crippen molar-refractivity contribution in [3.8, 4) is 10.8 Å². The number of aromatic nitrogens is 1. The fraction of sp³-hybridized carbons (Fsp3) is 0.375. The van der Waals surface area contributed by atoms with Crippen LogP contribution >= 0.6 is 36.2 Å². The van der Waals surface area contributed by atoms with Crippen LogP contribution < -0.4 is 10.6 Å². The third kappa shape index (κ3) is 4.83. The number of nitrogens with one attached hydrogen (secondary N) is 2. The molecule has 0 atom stereocenters. The molecular formula is C16H21Cl2N3O2S. The van der Waals surface area contributed by atoms with E-state index < -0.39 is 0 Å². The van der Waals surface area contributed by atoms with Crippen molar-refractivity contribution in [3.05, 3.63) is 40.1 Å². The number of hydrogen-bond donors (Lipinski definition) is 2. The first kappa shape index (κ1) is 20.7. The average molecular weight is 390 g/mol. The van der Waals surface area contributed by atoms with Gasteiger partial charge in [0.15, 0.2) is 10.8 Å². The normalized spacial score (nSPS) is 13.5. The summed E-state index contributed by atoms with van der Waals surface area (Å²) >= 11 is 1.37. The number of carbonyl (C=O) groups is 1. The predicted octanol–water partition coefficient (Wildman–Crippen LogP) is 3.51. The molecule has 0 aliphatic carbocycles. The second-order valence-corrected chi connectivity index (χ2v) is 6.34. The van der Waals surface area contributed by atoms with Crippen molar-refractivity contribution in [2.45, 2.75) is 20.3 Å². The minimum Gasteiger partial charge on any atom is -0.459 e. The molecule has 132 valence electrons. The Hall–Kier alpha value is -1.34. The van der Waals surface area contributed by atoms with E-state index in [1.165, 1.54) is 16.9 Å². The van der Waals surface area contributed by atoms with Crippen LogP contribution in [0.1, 0.15) is 27.5 Å². The summed E-state index contributed by atoms with van der Waals surface area (Å²) in [4.78, 5) is 17.4. The van der Waals surface area contributed by atoms with Gasteiger partial charge in [-0.1, -0.05) is 11.6 Å². The summed E-state index contributed by atoms with van der Waals surface area (Å²) in [7, 11) is 0. The number of thiazole rings is 1. The first-order valence-corrected chi connectivity index (χ1v) is 8.16. The number of nitrogens with zero attached hydrogens (tertiary/aromatic N) is 1. The van der Waals surface area contributed by atoms with Crippen molar-refractivity contribution in [2.24, 2.45) is 0 Å². The minimum absolute atomic E-state index is 0. The first-order chi connectivity index (χ1) is 10.6. The van der Waals surface area contributed by atoms with Crippen molar-refractivity contribution in [3.63, 3.8) is 0 Å². The molecule has 8 heteroatoms. The van der Waals surface area contributed by atoms with Gasteiger partial charge in [-0.05, 0) is 38.9 Å². The van der Waals surface area contributed by atoms with E-state index in [1.54, 1.807) is 0 Å². The van der Waals surface area contributed by atoms with Crippen LogP contribution in [0.5, 0.6) is 0 Å². The lowest BCUT2D eigenvalue weighted by Crippen LogP contribution is -2.29. The summed E-state index contributed by atoms with van der Waals surface area (Å²) < 4.78 is 5.57. The summed E-state index contributed by atoms with van der Waals surface area (Å²) in [5, 5.41) is 6.99. The Morgan fingerprint density at radius 1 is 1.38 bits per heavy atom. The highest BCUT2D eigenvalue weighted by molar-refractivity contribution is 7.17. The third-order valence-corrected chi connectivity index (χ3v) is 4.76. The number of halogens is 2. The topological polar surface area (TPSA) is 67.2 Å². The molecule has 0 radical (unpaired) electrons. The smallest absolute Gasteiger partial charge is 0.263 e. The Kier molecular flexibility index (Phi) is 7.96. The van der Waals surface area contributed by atoms with Gasteiger partial charge in [0.05, 0.1) is 5.69 Å². The zero-order chi connectivity index (χ0) is 15.5. The Balaban J connectivity index is 0.00000144. The molecule has 0 fully saturated rings. The van der Waals surface area contributed by atoms with Gasteiger partial charge in [-0.15, -0.1) is 36.2 Å². The van der Waals surface area contributed by atoms with Crippen LogP contribution in [0.2, 0.25) is 0 Å². The molecule has 3 heterocycles. The lowest BCUT2D eigenvalue weighted by molar-refractivity contribution is 0.0960. The molecule has 0 saturated heterocycles. The monoisotopic (exact) mass is 389 g/mol.